The van der Waals surface area contributed by atoms with Crippen LogP contribution in [-0.2, 0) is 21.4 Å². The Morgan fingerprint density at radius 3 is 2.67 bits per heavy atom. The van der Waals surface area contributed by atoms with E-state index in [9.17, 15) is 27.9 Å². The third kappa shape index (κ3) is 6.41. The van der Waals surface area contributed by atoms with Gasteiger partial charge in [0.2, 0.25) is 17.8 Å². The number of nitrogens with one attached hydrogen (secondary N) is 3. The van der Waals surface area contributed by atoms with Crippen LogP contribution in [0.1, 0.15) is 61.2 Å². The zero-order chi connectivity index (χ0) is 28.5. The van der Waals surface area contributed by atoms with Gasteiger partial charge in [-0.1, -0.05) is 6.07 Å². The second kappa shape index (κ2) is 11.1. The fourth-order valence-electron chi connectivity index (χ4n) is 5.08. The van der Waals surface area contributed by atoms with E-state index in [1.807, 2.05) is 13.0 Å². The SMILES string of the molecule is Cc1cc(Nc2nccc(C(F)(F)F)n2)cc(-c2cnc(C3(O)CCC(NC(=O)[C@@H]4CCCC(=O)N4)CC3)s2)c1. The number of aryl methyl sites for hydroxylation is 1. The van der Waals surface area contributed by atoms with Gasteiger partial charge in [0.1, 0.15) is 22.3 Å². The number of nitrogens with zero attached hydrogens (tertiary/aromatic N) is 3. The zero-order valence-corrected chi connectivity index (χ0v) is 22.5. The first-order chi connectivity index (χ1) is 19.0. The number of benzene rings is 1. The van der Waals surface area contributed by atoms with Crippen LogP contribution in [0.5, 0.6) is 0 Å². The molecular formula is C27H29F3N6O3S. The maximum absolute atomic E-state index is 13.0. The summed E-state index contributed by atoms with van der Waals surface area (Å²) in [6, 6.07) is 5.70. The molecule has 2 fully saturated rings. The number of thiazole rings is 1. The molecule has 13 heteroatoms. The average molecular weight is 575 g/mol. The van der Waals surface area contributed by atoms with Crippen molar-refractivity contribution in [1.29, 1.82) is 0 Å². The van der Waals surface area contributed by atoms with Gasteiger partial charge in [-0.2, -0.15) is 13.2 Å². The van der Waals surface area contributed by atoms with Crippen LogP contribution < -0.4 is 16.0 Å². The fourth-order valence-corrected chi connectivity index (χ4v) is 6.13. The van der Waals surface area contributed by atoms with Gasteiger partial charge in [-0.15, -0.1) is 11.3 Å². The second-order valence-corrected chi connectivity index (χ2v) is 11.4. The van der Waals surface area contributed by atoms with Gasteiger partial charge in [-0.05, 0) is 74.8 Å². The van der Waals surface area contributed by atoms with E-state index in [2.05, 4.69) is 30.9 Å². The van der Waals surface area contributed by atoms with Gasteiger partial charge in [0.05, 0.1) is 4.88 Å². The first-order valence-electron chi connectivity index (χ1n) is 13.1. The summed E-state index contributed by atoms with van der Waals surface area (Å²) in [6.07, 6.45) is 1.92. The number of halogens is 3. The Labute approximate surface area is 232 Å². The number of hydrogen-bond donors (Lipinski definition) is 4. The monoisotopic (exact) mass is 574 g/mol. The Morgan fingerprint density at radius 1 is 1.18 bits per heavy atom. The largest absolute Gasteiger partial charge is 0.433 e. The van der Waals surface area contributed by atoms with Gasteiger partial charge >= 0.3 is 6.18 Å². The van der Waals surface area contributed by atoms with Crippen molar-refractivity contribution in [3.05, 3.63) is 52.9 Å². The van der Waals surface area contributed by atoms with Crippen molar-refractivity contribution in [1.82, 2.24) is 25.6 Å². The maximum Gasteiger partial charge on any atom is 0.433 e. The van der Waals surface area contributed by atoms with Crippen molar-refractivity contribution in [3.63, 3.8) is 0 Å². The summed E-state index contributed by atoms with van der Waals surface area (Å²) in [7, 11) is 0. The number of hydrogen-bond acceptors (Lipinski definition) is 8. The van der Waals surface area contributed by atoms with Gasteiger partial charge < -0.3 is 21.1 Å². The van der Waals surface area contributed by atoms with Crippen molar-refractivity contribution in [2.24, 2.45) is 0 Å². The number of carbonyl (C=O) groups excluding carboxylic acids is 2. The van der Waals surface area contributed by atoms with Crippen LogP contribution in [0.2, 0.25) is 0 Å². The minimum absolute atomic E-state index is 0.0884. The molecule has 0 unspecified atom stereocenters. The van der Waals surface area contributed by atoms with E-state index in [-0.39, 0.29) is 23.8 Å². The maximum atomic E-state index is 13.0. The first kappa shape index (κ1) is 28.0. The first-order valence-corrected chi connectivity index (χ1v) is 13.9. The topological polar surface area (TPSA) is 129 Å². The lowest BCUT2D eigenvalue weighted by molar-refractivity contribution is -0.141. The normalized spacial score (nSPS) is 23.4. The molecule has 4 N–H and O–H groups in total. The molecule has 1 saturated heterocycles. The molecule has 0 spiro atoms. The molecule has 1 saturated carbocycles. The molecule has 1 aliphatic heterocycles. The summed E-state index contributed by atoms with van der Waals surface area (Å²) < 4.78 is 39.1. The van der Waals surface area contributed by atoms with Crippen LogP contribution in [0.4, 0.5) is 24.8 Å². The molecule has 3 aromatic rings. The number of piperidine rings is 1. The number of carbonyl (C=O) groups is 2. The predicted octanol–water partition coefficient (Wildman–Crippen LogP) is 4.59. The van der Waals surface area contributed by atoms with Crippen molar-refractivity contribution in [2.45, 2.75) is 75.7 Å². The van der Waals surface area contributed by atoms with Crippen molar-refractivity contribution < 1.29 is 27.9 Å². The number of anilines is 2. The standard InChI is InChI=1S/C27H29F3N6O3S/c1-15-11-16(13-18(12-15)34-25-31-10-7-21(36-25)27(28,29)30)20-14-32-24(40-20)26(39)8-5-17(6-9-26)33-23(38)19-3-2-4-22(37)35-19/h7,10-14,17,19,39H,2-6,8-9H2,1H3,(H,33,38)(H,35,37)(H,31,34,36)/t17?,19-,26?/m0/s1. The Kier molecular flexibility index (Phi) is 7.78. The Bertz CT molecular complexity index is 1400. The third-order valence-electron chi connectivity index (χ3n) is 7.18. The number of amides is 2. The molecule has 2 aromatic heterocycles. The van der Waals surface area contributed by atoms with Crippen LogP contribution >= 0.6 is 11.3 Å². The van der Waals surface area contributed by atoms with Crippen LogP contribution in [0.3, 0.4) is 0 Å². The molecule has 2 amide bonds. The highest BCUT2D eigenvalue weighted by Crippen LogP contribution is 2.41. The minimum Gasteiger partial charge on any atom is -0.383 e. The van der Waals surface area contributed by atoms with Gasteiger partial charge in [-0.3, -0.25) is 9.59 Å². The van der Waals surface area contributed by atoms with Crippen molar-refractivity contribution in [3.8, 4) is 10.4 Å². The molecule has 0 radical (unpaired) electrons. The average Bonchev–Trinajstić information content (AvgIpc) is 3.41. The molecule has 212 valence electrons. The van der Waals surface area contributed by atoms with E-state index in [0.29, 0.717) is 55.6 Å². The molecule has 9 nitrogen and oxygen atoms in total. The van der Waals surface area contributed by atoms with Gasteiger partial charge in [0, 0.05) is 30.5 Å². The highest BCUT2D eigenvalue weighted by molar-refractivity contribution is 7.15. The fraction of sp³-hybridized carbons (Fsp3) is 0.444. The predicted molar refractivity (Wildman–Crippen MR) is 143 cm³/mol. The lowest BCUT2D eigenvalue weighted by Crippen LogP contribution is -2.52. The molecule has 1 atom stereocenters. The summed E-state index contributed by atoms with van der Waals surface area (Å²) in [5.74, 6) is -0.454. The van der Waals surface area contributed by atoms with Crippen LogP contribution in [-0.4, -0.2) is 44.0 Å². The van der Waals surface area contributed by atoms with Gasteiger partial charge in [0.15, 0.2) is 0 Å². The highest BCUT2D eigenvalue weighted by atomic mass is 32.1. The summed E-state index contributed by atoms with van der Waals surface area (Å²) in [6.45, 7) is 1.87. The third-order valence-corrected chi connectivity index (χ3v) is 8.42. The van der Waals surface area contributed by atoms with E-state index >= 15 is 0 Å². The van der Waals surface area contributed by atoms with Crippen LogP contribution in [0.25, 0.3) is 10.4 Å². The van der Waals surface area contributed by atoms with E-state index in [1.54, 1.807) is 18.3 Å². The highest BCUT2D eigenvalue weighted by Gasteiger charge is 2.38. The number of alkyl halides is 3. The van der Waals surface area contributed by atoms with E-state index in [1.165, 1.54) is 11.3 Å². The number of rotatable bonds is 6. The molecule has 40 heavy (non-hydrogen) atoms. The van der Waals surface area contributed by atoms with Crippen LogP contribution in [0.15, 0.2) is 36.7 Å². The molecule has 2 aliphatic rings. The van der Waals surface area contributed by atoms with Crippen LogP contribution in [0, 0.1) is 6.92 Å². The summed E-state index contributed by atoms with van der Waals surface area (Å²) in [4.78, 5) is 36.9. The van der Waals surface area contributed by atoms with Gasteiger partial charge in [0.25, 0.3) is 0 Å². The van der Waals surface area contributed by atoms with E-state index in [4.69, 9.17) is 0 Å². The zero-order valence-electron chi connectivity index (χ0n) is 21.7. The lowest BCUT2D eigenvalue weighted by Gasteiger charge is -2.35. The minimum atomic E-state index is -4.58. The molecule has 1 aromatic carbocycles. The van der Waals surface area contributed by atoms with E-state index in [0.717, 1.165) is 28.3 Å². The smallest absolute Gasteiger partial charge is 0.383 e. The Morgan fingerprint density at radius 2 is 1.95 bits per heavy atom. The molecule has 1 aliphatic carbocycles. The molecule has 0 bridgehead atoms. The van der Waals surface area contributed by atoms with Gasteiger partial charge in [-0.25, -0.2) is 15.0 Å². The van der Waals surface area contributed by atoms with Crippen molar-refractivity contribution in [2.75, 3.05) is 5.32 Å². The Balaban J connectivity index is 1.24. The van der Waals surface area contributed by atoms with E-state index < -0.39 is 23.5 Å². The number of aliphatic hydroxyl groups is 1. The number of aromatic nitrogens is 3. The van der Waals surface area contributed by atoms with Crippen molar-refractivity contribution >= 4 is 34.8 Å². The molecule has 5 rings (SSSR count). The Hall–Kier alpha value is -3.58. The molecule has 3 heterocycles. The molecular weight excluding hydrogens is 545 g/mol. The summed E-state index contributed by atoms with van der Waals surface area (Å²) in [5, 5.41) is 20.6. The lowest BCUT2D eigenvalue weighted by atomic mass is 9.82. The summed E-state index contributed by atoms with van der Waals surface area (Å²) >= 11 is 1.36. The second-order valence-electron chi connectivity index (χ2n) is 10.3. The summed E-state index contributed by atoms with van der Waals surface area (Å²) in [5.41, 5.74) is 0.0185. The quantitative estimate of drug-likeness (QED) is 0.339.